The molecule has 1 fully saturated rings. The highest BCUT2D eigenvalue weighted by atomic mass is 32.1. The monoisotopic (exact) mass is 407 g/mol. The molecule has 4 rings (SSSR count). The Kier molecular flexibility index (Phi) is 5.40. The van der Waals surface area contributed by atoms with Crippen LogP contribution in [0.5, 0.6) is 0 Å². The predicted molar refractivity (Wildman–Crippen MR) is 119 cm³/mol. The van der Waals surface area contributed by atoms with Gasteiger partial charge in [0, 0.05) is 37.6 Å². The fraction of sp³-hybridized carbons (Fsp3) is 0.435. The molecule has 0 radical (unpaired) electrons. The Morgan fingerprint density at radius 3 is 2.55 bits per heavy atom. The summed E-state index contributed by atoms with van der Waals surface area (Å²) in [5, 5.41) is 4.88. The molecule has 0 N–H and O–H groups in total. The fourth-order valence-electron chi connectivity index (χ4n) is 4.07. The third kappa shape index (κ3) is 4.05. The number of rotatable bonds is 4. The largest absolute Gasteiger partial charge is 0.303 e. The fourth-order valence-corrected chi connectivity index (χ4v) is 4.25. The number of hydrogen-bond acceptors (Lipinski definition) is 4. The summed E-state index contributed by atoms with van der Waals surface area (Å²) in [7, 11) is 2.00. The van der Waals surface area contributed by atoms with E-state index in [0.717, 1.165) is 29.1 Å². The van der Waals surface area contributed by atoms with E-state index in [1.165, 1.54) is 17.5 Å². The second-order valence-corrected chi connectivity index (χ2v) is 9.26. The van der Waals surface area contributed by atoms with Crippen LogP contribution in [0.1, 0.15) is 50.8 Å². The molecule has 0 saturated carbocycles. The maximum atomic E-state index is 5.71. The molecule has 29 heavy (non-hydrogen) atoms. The second-order valence-electron chi connectivity index (χ2n) is 8.89. The first kappa shape index (κ1) is 20.0. The Labute approximate surface area is 178 Å². The van der Waals surface area contributed by atoms with E-state index < -0.39 is 0 Å². The van der Waals surface area contributed by atoms with Gasteiger partial charge in [-0.15, -0.1) is 0 Å². The molecule has 5 nitrogen and oxygen atoms in total. The zero-order valence-electron chi connectivity index (χ0n) is 17.7. The van der Waals surface area contributed by atoms with Crippen LogP contribution in [0, 0.1) is 4.77 Å². The Morgan fingerprint density at radius 2 is 1.90 bits per heavy atom. The number of nitrogens with zero attached hydrogens (tertiary/aromatic N) is 5. The van der Waals surface area contributed by atoms with E-state index in [4.69, 9.17) is 17.3 Å². The topological polar surface area (TPSA) is 38.9 Å². The summed E-state index contributed by atoms with van der Waals surface area (Å²) in [6, 6.07) is 13.2. The van der Waals surface area contributed by atoms with Gasteiger partial charge in [0.2, 0.25) is 0 Å². The normalized spacial score (nSPS) is 17.7. The first-order chi connectivity index (χ1) is 13.8. The zero-order valence-corrected chi connectivity index (χ0v) is 18.5. The maximum Gasteiger partial charge on any atom is 0.199 e. The Morgan fingerprint density at radius 1 is 1.14 bits per heavy atom. The molecule has 1 aliphatic rings. The Bertz CT molecular complexity index is 1030. The van der Waals surface area contributed by atoms with Gasteiger partial charge in [-0.25, -0.2) is 4.68 Å². The maximum absolute atomic E-state index is 5.71. The molecule has 152 valence electrons. The van der Waals surface area contributed by atoms with E-state index in [1.807, 2.05) is 34.8 Å². The molecule has 1 atom stereocenters. The molecule has 0 aliphatic carbocycles. The minimum Gasteiger partial charge on any atom is -0.303 e. The predicted octanol–water partition coefficient (Wildman–Crippen LogP) is 5.11. The number of benzene rings is 1. The minimum absolute atomic E-state index is 0.139. The van der Waals surface area contributed by atoms with Crippen molar-refractivity contribution in [3.8, 4) is 11.4 Å². The number of hydrogen-bond donors (Lipinski definition) is 0. The molecular weight excluding hydrogens is 378 g/mol. The van der Waals surface area contributed by atoms with Crippen LogP contribution in [-0.2, 0) is 19.1 Å². The van der Waals surface area contributed by atoms with Gasteiger partial charge in [-0.05, 0) is 47.7 Å². The average Bonchev–Trinajstić information content (AvgIpc) is 3.28. The number of pyridine rings is 1. The lowest BCUT2D eigenvalue weighted by molar-refractivity contribution is 0.189. The van der Waals surface area contributed by atoms with Gasteiger partial charge < -0.3 is 4.57 Å². The second kappa shape index (κ2) is 7.84. The van der Waals surface area contributed by atoms with E-state index in [-0.39, 0.29) is 5.41 Å². The summed E-state index contributed by atoms with van der Waals surface area (Å²) >= 11 is 5.71. The van der Waals surface area contributed by atoms with Crippen LogP contribution < -0.4 is 0 Å². The Balaban J connectivity index is 1.59. The quantitative estimate of drug-likeness (QED) is 0.564. The van der Waals surface area contributed by atoms with Crippen molar-refractivity contribution in [3.05, 3.63) is 64.7 Å². The highest BCUT2D eigenvalue weighted by Gasteiger charge is 2.27. The van der Waals surface area contributed by atoms with Crippen molar-refractivity contribution in [2.45, 2.75) is 51.7 Å². The van der Waals surface area contributed by atoms with Crippen molar-refractivity contribution < 1.29 is 0 Å². The van der Waals surface area contributed by atoms with E-state index >= 15 is 0 Å². The van der Waals surface area contributed by atoms with E-state index in [0.29, 0.717) is 12.7 Å². The lowest BCUT2D eigenvalue weighted by Gasteiger charge is -2.24. The number of likely N-dealkylation sites (tertiary alicyclic amines) is 1. The molecule has 0 spiro atoms. The molecule has 1 aromatic carbocycles. The zero-order chi connectivity index (χ0) is 20.6. The van der Waals surface area contributed by atoms with Gasteiger partial charge in [0.1, 0.15) is 0 Å². The lowest BCUT2D eigenvalue weighted by Crippen LogP contribution is -2.27. The van der Waals surface area contributed by atoms with Crippen molar-refractivity contribution in [3.63, 3.8) is 0 Å². The summed E-state index contributed by atoms with van der Waals surface area (Å²) in [6.45, 7) is 8.44. The summed E-state index contributed by atoms with van der Waals surface area (Å²) in [6.07, 6.45) is 6.13. The van der Waals surface area contributed by atoms with Gasteiger partial charge in [-0.2, -0.15) is 5.10 Å². The van der Waals surface area contributed by atoms with Crippen LogP contribution >= 0.6 is 12.2 Å². The summed E-state index contributed by atoms with van der Waals surface area (Å²) in [5.74, 6) is 0.910. The highest BCUT2D eigenvalue weighted by molar-refractivity contribution is 7.71. The van der Waals surface area contributed by atoms with Crippen LogP contribution in [0.25, 0.3) is 11.4 Å². The van der Waals surface area contributed by atoms with Gasteiger partial charge >= 0.3 is 0 Å². The SMILES string of the molecule is Cn1c(-c2ccc(C(C)(C)C)cc2)nn(CN2CCCC2c2cccnc2)c1=S. The molecule has 3 heterocycles. The smallest absolute Gasteiger partial charge is 0.199 e. The van der Waals surface area contributed by atoms with Crippen LogP contribution in [-0.4, -0.2) is 30.8 Å². The first-order valence-corrected chi connectivity index (χ1v) is 10.6. The lowest BCUT2D eigenvalue weighted by atomic mass is 9.87. The molecule has 0 bridgehead atoms. The summed E-state index contributed by atoms with van der Waals surface area (Å²) in [5.41, 5.74) is 3.82. The Hall–Kier alpha value is -2.31. The van der Waals surface area contributed by atoms with Crippen molar-refractivity contribution in [2.24, 2.45) is 7.05 Å². The van der Waals surface area contributed by atoms with E-state index in [9.17, 15) is 0 Å². The molecule has 0 amide bonds. The molecule has 2 aromatic heterocycles. The van der Waals surface area contributed by atoms with Crippen LogP contribution in [0.15, 0.2) is 48.8 Å². The van der Waals surface area contributed by atoms with Gasteiger partial charge in [-0.1, -0.05) is 51.1 Å². The van der Waals surface area contributed by atoms with Gasteiger partial charge in [-0.3, -0.25) is 9.88 Å². The summed E-state index contributed by atoms with van der Waals surface area (Å²) in [4.78, 5) is 6.75. The molecule has 1 saturated heterocycles. The van der Waals surface area contributed by atoms with Crippen molar-refractivity contribution in [2.75, 3.05) is 6.54 Å². The van der Waals surface area contributed by atoms with Crippen molar-refractivity contribution in [1.29, 1.82) is 0 Å². The van der Waals surface area contributed by atoms with Gasteiger partial charge in [0.25, 0.3) is 0 Å². The standard InChI is InChI=1S/C23H29N5S/c1-23(2,3)19-11-9-17(10-12-19)21-25-28(22(29)26(21)4)16-27-14-6-8-20(27)18-7-5-13-24-15-18/h5,7,9-13,15,20H,6,8,14,16H2,1-4H3. The number of aromatic nitrogens is 4. The molecule has 3 aromatic rings. The van der Waals surface area contributed by atoms with Gasteiger partial charge in [0.15, 0.2) is 10.6 Å². The van der Waals surface area contributed by atoms with Crippen molar-refractivity contribution >= 4 is 12.2 Å². The van der Waals surface area contributed by atoms with E-state index in [2.05, 4.69) is 61.0 Å². The minimum atomic E-state index is 0.139. The van der Waals surface area contributed by atoms with Crippen LogP contribution in [0.3, 0.4) is 0 Å². The third-order valence-corrected chi connectivity index (χ3v) is 6.28. The van der Waals surface area contributed by atoms with Crippen LogP contribution in [0.4, 0.5) is 0 Å². The average molecular weight is 408 g/mol. The van der Waals surface area contributed by atoms with E-state index in [1.54, 1.807) is 0 Å². The third-order valence-electron chi connectivity index (χ3n) is 5.80. The molecule has 6 heteroatoms. The van der Waals surface area contributed by atoms with Gasteiger partial charge in [0.05, 0.1) is 6.67 Å². The highest BCUT2D eigenvalue weighted by Crippen LogP contribution is 2.32. The molecule has 1 unspecified atom stereocenters. The van der Waals surface area contributed by atoms with Crippen LogP contribution in [0.2, 0.25) is 0 Å². The molecular formula is C23H29N5S. The molecule has 1 aliphatic heterocycles. The summed E-state index contributed by atoms with van der Waals surface area (Å²) < 4.78 is 4.71. The first-order valence-electron chi connectivity index (χ1n) is 10.2. The van der Waals surface area contributed by atoms with Crippen molar-refractivity contribution in [1.82, 2.24) is 24.2 Å².